The van der Waals surface area contributed by atoms with Gasteiger partial charge >= 0.3 is 0 Å². The van der Waals surface area contributed by atoms with Crippen molar-refractivity contribution in [3.05, 3.63) is 35.9 Å². The molecule has 0 bridgehead atoms. The molecule has 0 unspecified atom stereocenters. The van der Waals surface area contributed by atoms with Crippen LogP contribution >= 0.6 is 0 Å². The predicted molar refractivity (Wildman–Crippen MR) is 83.6 cm³/mol. The van der Waals surface area contributed by atoms with Crippen LogP contribution < -0.4 is 0 Å². The van der Waals surface area contributed by atoms with Crippen LogP contribution in [0.25, 0.3) is 0 Å². The zero-order valence-corrected chi connectivity index (χ0v) is 13.4. The van der Waals surface area contributed by atoms with Crippen molar-refractivity contribution in [1.82, 2.24) is 5.06 Å². The van der Waals surface area contributed by atoms with Crippen LogP contribution in [0.3, 0.4) is 0 Å². The van der Waals surface area contributed by atoms with E-state index in [1.165, 1.54) is 18.4 Å². The number of nitrogens with zero attached hydrogens (tertiary/aromatic N) is 1. The minimum atomic E-state index is 0.0182. The van der Waals surface area contributed by atoms with Crippen molar-refractivity contribution in [2.45, 2.75) is 76.9 Å². The van der Waals surface area contributed by atoms with E-state index in [9.17, 15) is 0 Å². The minimum Gasteiger partial charge on any atom is -0.353 e. The Balaban J connectivity index is 1.72. The van der Waals surface area contributed by atoms with Crippen LogP contribution in [0, 0.1) is 0 Å². The van der Waals surface area contributed by atoms with Crippen LogP contribution in [0.15, 0.2) is 30.3 Å². The quantitative estimate of drug-likeness (QED) is 0.817. The van der Waals surface area contributed by atoms with Crippen LogP contribution in [-0.2, 0) is 9.57 Å². The summed E-state index contributed by atoms with van der Waals surface area (Å²) in [4.78, 5) is 6.18. The molecule has 3 heteroatoms. The summed E-state index contributed by atoms with van der Waals surface area (Å²) in [6, 6.07) is 10.6. The van der Waals surface area contributed by atoms with Gasteiger partial charge in [0.25, 0.3) is 0 Å². The van der Waals surface area contributed by atoms with Gasteiger partial charge in [-0.2, -0.15) is 5.06 Å². The van der Waals surface area contributed by atoms with Crippen molar-refractivity contribution in [3.63, 3.8) is 0 Å². The highest BCUT2D eigenvalue weighted by atomic mass is 16.7. The van der Waals surface area contributed by atoms with Crippen LogP contribution in [0.5, 0.6) is 0 Å². The van der Waals surface area contributed by atoms with E-state index >= 15 is 0 Å². The molecule has 2 saturated heterocycles. The Bertz CT molecular complexity index is 460. The second kappa shape index (κ2) is 6.07. The summed E-state index contributed by atoms with van der Waals surface area (Å²) in [5, 5.41) is 2.12. The molecule has 2 aliphatic rings. The van der Waals surface area contributed by atoms with Crippen molar-refractivity contribution in [3.8, 4) is 0 Å². The van der Waals surface area contributed by atoms with Gasteiger partial charge in [-0.15, -0.1) is 0 Å². The summed E-state index contributed by atoms with van der Waals surface area (Å²) >= 11 is 0. The molecule has 0 N–H and O–H groups in total. The molecule has 1 aromatic rings. The monoisotopic (exact) mass is 289 g/mol. The van der Waals surface area contributed by atoms with Gasteiger partial charge in [0.15, 0.2) is 0 Å². The van der Waals surface area contributed by atoms with Crippen molar-refractivity contribution in [2.24, 2.45) is 0 Å². The lowest BCUT2D eigenvalue weighted by Gasteiger charge is -2.45. The van der Waals surface area contributed by atoms with Gasteiger partial charge in [0, 0.05) is 12.0 Å². The highest BCUT2D eigenvalue weighted by Gasteiger charge is 2.48. The fourth-order valence-electron chi connectivity index (χ4n) is 3.48. The van der Waals surface area contributed by atoms with Gasteiger partial charge in [-0.1, -0.05) is 50.1 Å². The second-order valence-electron chi connectivity index (χ2n) is 6.94. The highest BCUT2D eigenvalue weighted by Crippen LogP contribution is 2.44. The molecule has 3 nitrogen and oxygen atoms in total. The van der Waals surface area contributed by atoms with Gasteiger partial charge < -0.3 is 4.74 Å². The Labute approximate surface area is 128 Å². The molecule has 21 heavy (non-hydrogen) atoms. The van der Waals surface area contributed by atoms with E-state index in [4.69, 9.17) is 9.57 Å². The number of unbranched alkanes of at least 4 members (excludes halogenated alkanes) is 1. The maximum atomic E-state index is 6.34. The van der Waals surface area contributed by atoms with E-state index < -0.39 is 0 Å². The molecule has 0 saturated carbocycles. The number of ether oxygens (including phenoxy) is 1. The largest absolute Gasteiger partial charge is 0.353 e. The first-order chi connectivity index (χ1) is 10.1. The summed E-state index contributed by atoms with van der Waals surface area (Å²) < 4.78 is 6.34. The lowest BCUT2D eigenvalue weighted by atomic mass is 9.90. The third kappa shape index (κ3) is 3.15. The van der Waals surface area contributed by atoms with Crippen LogP contribution in [-0.4, -0.2) is 22.9 Å². The summed E-state index contributed by atoms with van der Waals surface area (Å²) in [6.45, 7) is 6.76. The van der Waals surface area contributed by atoms with E-state index in [1.54, 1.807) is 0 Å². The Hall–Kier alpha value is -0.900. The summed E-state index contributed by atoms with van der Waals surface area (Å²) in [7, 11) is 0. The lowest BCUT2D eigenvalue weighted by Crippen LogP contribution is -2.52. The lowest BCUT2D eigenvalue weighted by molar-refractivity contribution is -0.304. The van der Waals surface area contributed by atoms with Crippen LogP contribution in [0.1, 0.15) is 64.5 Å². The Morgan fingerprint density at radius 1 is 1.24 bits per heavy atom. The van der Waals surface area contributed by atoms with Gasteiger partial charge in [0.05, 0.1) is 12.2 Å². The molecule has 116 valence electrons. The number of benzene rings is 1. The zero-order valence-electron chi connectivity index (χ0n) is 13.4. The van der Waals surface area contributed by atoms with Gasteiger partial charge in [-0.3, -0.25) is 4.84 Å². The Morgan fingerprint density at radius 2 is 2.00 bits per heavy atom. The molecule has 0 spiro atoms. The topological polar surface area (TPSA) is 21.7 Å². The predicted octanol–water partition coefficient (Wildman–Crippen LogP) is 4.45. The van der Waals surface area contributed by atoms with Gasteiger partial charge in [-0.25, -0.2) is 0 Å². The maximum absolute atomic E-state index is 6.34. The molecule has 2 aliphatic heterocycles. The summed E-state index contributed by atoms with van der Waals surface area (Å²) in [5.74, 6) is 0. The average molecular weight is 289 g/mol. The van der Waals surface area contributed by atoms with E-state index in [-0.39, 0.29) is 17.9 Å². The number of fused-ring (bicyclic) bond motifs is 1. The van der Waals surface area contributed by atoms with Gasteiger partial charge in [-0.05, 0) is 32.3 Å². The zero-order chi connectivity index (χ0) is 14.9. The molecule has 0 amide bonds. The third-order valence-corrected chi connectivity index (χ3v) is 4.64. The highest BCUT2D eigenvalue weighted by molar-refractivity contribution is 5.19. The summed E-state index contributed by atoms with van der Waals surface area (Å²) in [6.07, 6.45) is 6.15. The molecular weight excluding hydrogens is 262 g/mol. The smallest absolute Gasteiger partial charge is 0.137 e. The van der Waals surface area contributed by atoms with E-state index in [0.717, 1.165) is 19.3 Å². The first-order valence-corrected chi connectivity index (χ1v) is 8.26. The average Bonchev–Trinajstić information content (AvgIpc) is 2.89. The van der Waals surface area contributed by atoms with E-state index in [0.29, 0.717) is 6.10 Å². The molecule has 2 fully saturated rings. The number of hydroxylamine groups is 2. The summed E-state index contributed by atoms with van der Waals surface area (Å²) in [5.41, 5.74) is 1.30. The fourth-order valence-corrected chi connectivity index (χ4v) is 3.48. The van der Waals surface area contributed by atoms with Crippen molar-refractivity contribution >= 4 is 0 Å². The molecule has 2 heterocycles. The molecular formula is C18H27NO2. The Morgan fingerprint density at radius 3 is 2.71 bits per heavy atom. The first-order valence-electron chi connectivity index (χ1n) is 8.26. The molecule has 3 rings (SSSR count). The van der Waals surface area contributed by atoms with Crippen molar-refractivity contribution < 1.29 is 9.57 Å². The van der Waals surface area contributed by atoms with Gasteiger partial charge in [0.1, 0.15) is 6.23 Å². The van der Waals surface area contributed by atoms with Gasteiger partial charge in [0.2, 0.25) is 0 Å². The van der Waals surface area contributed by atoms with Crippen molar-refractivity contribution in [2.75, 3.05) is 0 Å². The van der Waals surface area contributed by atoms with E-state index in [1.807, 2.05) is 0 Å². The second-order valence-corrected chi connectivity index (χ2v) is 6.94. The number of hydrogen-bond donors (Lipinski definition) is 0. The first kappa shape index (κ1) is 15.0. The molecule has 3 atom stereocenters. The molecule has 0 aromatic heterocycles. The molecule has 0 aliphatic carbocycles. The third-order valence-electron chi connectivity index (χ3n) is 4.64. The standard InChI is InChI=1S/C18H27NO2/c1-4-5-11-15-12-17-19(21-15)18(2,3)13-16(20-17)14-9-7-6-8-10-14/h6-10,15-17H,4-5,11-13H2,1-3H3/t15-,16+,17-/m1/s1. The number of rotatable bonds is 4. The van der Waals surface area contributed by atoms with Crippen LogP contribution in [0.2, 0.25) is 0 Å². The molecule has 0 radical (unpaired) electrons. The van der Waals surface area contributed by atoms with Crippen LogP contribution in [0.4, 0.5) is 0 Å². The SMILES string of the molecule is CCCC[C@@H]1C[C@H]2O[C@H](c3ccccc3)CC(C)(C)N2O1. The fraction of sp³-hybridized carbons (Fsp3) is 0.667. The molecule has 1 aromatic carbocycles. The maximum Gasteiger partial charge on any atom is 0.137 e. The Kier molecular flexibility index (Phi) is 4.34. The number of hydrogen-bond acceptors (Lipinski definition) is 3. The van der Waals surface area contributed by atoms with E-state index in [2.05, 4.69) is 56.2 Å². The van der Waals surface area contributed by atoms with Crippen molar-refractivity contribution in [1.29, 1.82) is 0 Å². The normalized spacial score (nSPS) is 32.0. The minimum absolute atomic E-state index is 0.0182.